The van der Waals surface area contributed by atoms with E-state index in [1.807, 2.05) is 0 Å². The van der Waals surface area contributed by atoms with E-state index in [2.05, 4.69) is 38.7 Å². The summed E-state index contributed by atoms with van der Waals surface area (Å²) in [6.45, 7) is 11.9. The molecule has 98 valence electrons. The van der Waals surface area contributed by atoms with Crippen LogP contribution in [-0.4, -0.2) is 31.7 Å². The lowest BCUT2D eigenvalue weighted by Gasteiger charge is -2.31. The Balaban J connectivity index is 2.84. The molecule has 17 heavy (non-hydrogen) atoms. The van der Waals surface area contributed by atoms with Crippen LogP contribution in [0.5, 0.6) is 0 Å². The summed E-state index contributed by atoms with van der Waals surface area (Å²) < 4.78 is 5.19. The quantitative estimate of drug-likeness (QED) is 0.700. The number of ether oxygens (including phenoxy) is 1. The summed E-state index contributed by atoms with van der Waals surface area (Å²) in [5.41, 5.74) is 4.54. The molecule has 2 heteroatoms. The van der Waals surface area contributed by atoms with Crippen LogP contribution in [0.2, 0.25) is 0 Å². The Hall–Kier alpha value is -0.760. The molecular formula is C15H27NO. The SMILES string of the molecule is CCN(CCOC)C1=CCCC(C(C)C)=C1C. The van der Waals surface area contributed by atoms with Gasteiger partial charge >= 0.3 is 0 Å². The Kier molecular flexibility index (Phi) is 5.76. The van der Waals surface area contributed by atoms with Crippen LogP contribution < -0.4 is 0 Å². The van der Waals surface area contributed by atoms with E-state index < -0.39 is 0 Å². The van der Waals surface area contributed by atoms with Crippen molar-refractivity contribution in [3.05, 3.63) is 22.9 Å². The molecule has 1 rings (SSSR count). The maximum atomic E-state index is 5.19. The molecule has 0 amide bonds. The second kappa shape index (κ2) is 6.85. The number of allylic oxidation sites excluding steroid dienone is 3. The van der Waals surface area contributed by atoms with Crippen LogP contribution in [0.15, 0.2) is 22.9 Å². The van der Waals surface area contributed by atoms with Crippen molar-refractivity contribution in [1.82, 2.24) is 4.90 Å². The van der Waals surface area contributed by atoms with Gasteiger partial charge in [-0.15, -0.1) is 0 Å². The van der Waals surface area contributed by atoms with E-state index in [4.69, 9.17) is 4.74 Å². The molecule has 0 N–H and O–H groups in total. The zero-order valence-corrected chi connectivity index (χ0v) is 12.0. The van der Waals surface area contributed by atoms with E-state index in [-0.39, 0.29) is 0 Å². The molecule has 0 aromatic heterocycles. The first-order valence-electron chi connectivity index (χ1n) is 6.75. The van der Waals surface area contributed by atoms with Crippen LogP contribution in [0.1, 0.15) is 40.5 Å². The van der Waals surface area contributed by atoms with E-state index in [9.17, 15) is 0 Å². The predicted octanol–water partition coefficient (Wildman–Crippen LogP) is 3.60. The van der Waals surface area contributed by atoms with Gasteiger partial charge in [-0.2, -0.15) is 0 Å². The number of hydrogen-bond donors (Lipinski definition) is 0. The highest BCUT2D eigenvalue weighted by Gasteiger charge is 2.18. The summed E-state index contributed by atoms with van der Waals surface area (Å²) in [5.74, 6) is 0.667. The van der Waals surface area contributed by atoms with Gasteiger partial charge in [-0.3, -0.25) is 0 Å². The highest BCUT2D eigenvalue weighted by atomic mass is 16.5. The predicted molar refractivity (Wildman–Crippen MR) is 74.0 cm³/mol. The fourth-order valence-corrected chi connectivity index (χ4v) is 2.61. The minimum atomic E-state index is 0.667. The molecule has 1 aliphatic rings. The molecule has 0 aromatic rings. The van der Waals surface area contributed by atoms with Gasteiger partial charge in [-0.25, -0.2) is 0 Å². The van der Waals surface area contributed by atoms with E-state index in [1.54, 1.807) is 12.7 Å². The summed E-state index contributed by atoms with van der Waals surface area (Å²) in [5, 5.41) is 0. The first kappa shape index (κ1) is 14.3. The first-order chi connectivity index (χ1) is 8.11. The fraction of sp³-hybridized carbons (Fsp3) is 0.733. The molecule has 0 aliphatic heterocycles. The average Bonchev–Trinajstić information content (AvgIpc) is 2.31. The van der Waals surface area contributed by atoms with E-state index in [0.717, 1.165) is 19.7 Å². The topological polar surface area (TPSA) is 12.5 Å². The molecule has 0 atom stereocenters. The maximum Gasteiger partial charge on any atom is 0.0637 e. The number of methoxy groups -OCH3 is 1. The van der Waals surface area contributed by atoms with Gasteiger partial charge in [0.15, 0.2) is 0 Å². The van der Waals surface area contributed by atoms with Gasteiger partial charge in [0, 0.05) is 25.9 Å². The van der Waals surface area contributed by atoms with Crippen molar-refractivity contribution in [2.45, 2.75) is 40.5 Å². The molecule has 0 bridgehead atoms. The molecule has 0 aromatic carbocycles. The van der Waals surface area contributed by atoms with Gasteiger partial charge in [0.1, 0.15) is 0 Å². The molecule has 0 saturated carbocycles. The van der Waals surface area contributed by atoms with Gasteiger partial charge in [0.05, 0.1) is 6.61 Å². The number of nitrogens with zero attached hydrogens (tertiary/aromatic N) is 1. The molecule has 0 fully saturated rings. The minimum absolute atomic E-state index is 0.667. The van der Waals surface area contributed by atoms with Crippen LogP contribution >= 0.6 is 0 Å². The highest BCUT2D eigenvalue weighted by molar-refractivity contribution is 5.37. The minimum Gasteiger partial charge on any atom is -0.383 e. The lowest BCUT2D eigenvalue weighted by atomic mass is 9.88. The van der Waals surface area contributed by atoms with E-state index >= 15 is 0 Å². The Morgan fingerprint density at radius 1 is 1.41 bits per heavy atom. The lowest BCUT2D eigenvalue weighted by molar-refractivity contribution is 0.167. The van der Waals surface area contributed by atoms with Gasteiger partial charge in [-0.1, -0.05) is 25.5 Å². The Morgan fingerprint density at radius 3 is 2.65 bits per heavy atom. The lowest BCUT2D eigenvalue weighted by Crippen LogP contribution is -2.28. The second-order valence-electron chi connectivity index (χ2n) is 5.01. The standard InChI is InChI=1S/C15H27NO/c1-6-16(10-11-17-5)15-9-7-8-14(12(2)3)13(15)4/h9,12H,6-8,10-11H2,1-5H3. The molecule has 0 spiro atoms. The Bertz CT molecular complexity index is 302. The van der Waals surface area contributed by atoms with Crippen molar-refractivity contribution >= 4 is 0 Å². The van der Waals surface area contributed by atoms with Crippen molar-refractivity contribution < 1.29 is 4.74 Å². The Labute approximate surface area is 106 Å². The third-order valence-electron chi connectivity index (χ3n) is 3.60. The largest absolute Gasteiger partial charge is 0.383 e. The second-order valence-corrected chi connectivity index (χ2v) is 5.01. The molecule has 0 radical (unpaired) electrons. The zero-order chi connectivity index (χ0) is 12.8. The van der Waals surface area contributed by atoms with Crippen molar-refractivity contribution in [2.24, 2.45) is 5.92 Å². The third-order valence-corrected chi connectivity index (χ3v) is 3.60. The smallest absolute Gasteiger partial charge is 0.0637 e. The summed E-state index contributed by atoms with van der Waals surface area (Å²) >= 11 is 0. The van der Waals surface area contributed by atoms with E-state index in [0.29, 0.717) is 5.92 Å². The van der Waals surface area contributed by atoms with Crippen LogP contribution in [0.3, 0.4) is 0 Å². The summed E-state index contributed by atoms with van der Waals surface area (Å²) in [6.07, 6.45) is 4.80. The molecular weight excluding hydrogens is 210 g/mol. The monoisotopic (exact) mass is 237 g/mol. The maximum absolute atomic E-state index is 5.19. The molecule has 1 aliphatic carbocycles. The van der Waals surface area contributed by atoms with Crippen molar-refractivity contribution in [3.63, 3.8) is 0 Å². The Morgan fingerprint density at radius 2 is 2.12 bits per heavy atom. The molecule has 0 unspecified atom stereocenters. The van der Waals surface area contributed by atoms with Crippen LogP contribution in [0.4, 0.5) is 0 Å². The van der Waals surface area contributed by atoms with Gasteiger partial charge in [0.25, 0.3) is 0 Å². The third kappa shape index (κ3) is 3.60. The van der Waals surface area contributed by atoms with Crippen LogP contribution in [-0.2, 0) is 4.74 Å². The van der Waals surface area contributed by atoms with Crippen molar-refractivity contribution in [2.75, 3.05) is 26.8 Å². The molecule has 0 heterocycles. The number of likely N-dealkylation sites (N-methyl/N-ethyl adjacent to an activating group) is 1. The summed E-state index contributed by atoms with van der Waals surface area (Å²) in [6, 6.07) is 0. The molecule has 2 nitrogen and oxygen atoms in total. The summed E-state index contributed by atoms with van der Waals surface area (Å²) in [4.78, 5) is 2.43. The number of rotatable bonds is 6. The van der Waals surface area contributed by atoms with Gasteiger partial charge in [0.2, 0.25) is 0 Å². The molecule has 0 saturated heterocycles. The highest BCUT2D eigenvalue weighted by Crippen LogP contribution is 2.31. The fourth-order valence-electron chi connectivity index (χ4n) is 2.61. The van der Waals surface area contributed by atoms with Crippen molar-refractivity contribution in [3.8, 4) is 0 Å². The average molecular weight is 237 g/mol. The van der Waals surface area contributed by atoms with Gasteiger partial charge in [-0.05, 0) is 38.2 Å². The first-order valence-corrected chi connectivity index (χ1v) is 6.75. The normalized spacial score (nSPS) is 16.5. The van der Waals surface area contributed by atoms with Crippen LogP contribution in [0, 0.1) is 5.92 Å². The van der Waals surface area contributed by atoms with Crippen molar-refractivity contribution in [1.29, 1.82) is 0 Å². The zero-order valence-electron chi connectivity index (χ0n) is 12.0. The number of hydrogen-bond acceptors (Lipinski definition) is 2. The van der Waals surface area contributed by atoms with Gasteiger partial charge < -0.3 is 9.64 Å². The van der Waals surface area contributed by atoms with E-state index in [1.165, 1.54) is 24.1 Å². The van der Waals surface area contributed by atoms with Crippen LogP contribution in [0.25, 0.3) is 0 Å². The summed E-state index contributed by atoms with van der Waals surface area (Å²) in [7, 11) is 1.77.